The number of fused-ring (bicyclic) bond motifs is 1. The van der Waals surface area contributed by atoms with Crippen LogP contribution in [0.4, 0.5) is 10.6 Å². The number of primary amides is 1. The molecule has 0 fully saturated rings. The van der Waals surface area contributed by atoms with E-state index in [9.17, 15) is 4.79 Å². The third-order valence-electron chi connectivity index (χ3n) is 3.22. The number of hydrogen-bond donors (Lipinski definition) is 2. The first kappa shape index (κ1) is 11.6. The largest absolute Gasteiger partial charge is 0.496 e. The molecule has 2 aromatic rings. The van der Waals surface area contributed by atoms with E-state index in [1.54, 1.807) is 7.11 Å². The number of amides is 1. The number of rotatable bonds is 2. The van der Waals surface area contributed by atoms with Gasteiger partial charge in [-0.25, -0.2) is 4.79 Å². The zero-order chi connectivity index (χ0) is 13.4. The molecule has 6 nitrogen and oxygen atoms in total. The Balaban J connectivity index is 2.21. The number of aromatic nitrogens is 2. The topological polar surface area (TPSA) is 82.2 Å². The molecule has 0 saturated heterocycles. The van der Waals surface area contributed by atoms with Gasteiger partial charge in [0.05, 0.1) is 7.11 Å². The van der Waals surface area contributed by atoms with Crippen LogP contribution in [0.25, 0.3) is 11.3 Å². The maximum atomic E-state index is 11.4. The lowest BCUT2D eigenvalue weighted by Gasteiger charge is -2.06. The number of anilines is 1. The van der Waals surface area contributed by atoms with Crippen LogP contribution in [-0.4, -0.2) is 29.5 Å². The van der Waals surface area contributed by atoms with Crippen molar-refractivity contribution in [3.8, 4) is 17.0 Å². The molecule has 0 unspecified atom stereocenters. The van der Waals surface area contributed by atoms with Gasteiger partial charge in [0, 0.05) is 17.7 Å². The molecule has 3 N–H and O–H groups in total. The lowest BCUT2D eigenvalue weighted by atomic mass is 10.1. The van der Waals surface area contributed by atoms with Crippen molar-refractivity contribution in [3.05, 3.63) is 29.8 Å². The summed E-state index contributed by atoms with van der Waals surface area (Å²) in [7, 11) is 1.61. The van der Waals surface area contributed by atoms with Gasteiger partial charge in [0.1, 0.15) is 17.3 Å². The molecule has 0 atom stereocenters. The minimum absolute atomic E-state index is 0.591. The fourth-order valence-corrected chi connectivity index (χ4v) is 2.39. The monoisotopic (exact) mass is 258 g/mol. The van der Waals surface area contributed by atoms with Crippen molar-refractivity contribution in [1.29, 1.82) is 0 Å². The average molecular weight is 258 g/mol. The summed E-state index contributed by atoms with van der Waals surface area (Å²) in [5.74, 6) is 1.42. The van der Waals surface area contributed by atoms with Gasteiger partial charge in [0.25, 0.3) is 0 Å². The number of methoxy groups -OCH3 is 1. The van der Waals surface area contributed by atoms with Crippen molar-refractivity contribution in [2.24, 2.45) is 5.73 Å². The molecular weight excluding hydrogens is 244 g/mol. The van der Waals surface area contributed by atoms with Crippen molar-refractivity contribution < 1.29 is 9.53 Å². The standard InChI is InChI=1S/C13H14N4O2/c1-19-10-5-3-2-4-8(10)11-9-6-7-15-12(9)17(16-11)13(14)18/h2-5,15H,6-7H2,1H3,(H2,14,18). The molecule has 0 spiro atoms. The van der Waals surface area contributed by atoms with Crippen LogP contribution in [0.15, 0.2) is 24.3 Å². The Labute approximate surface area is 110 Å². The maximum Gasteiger partial charge on any atom is 0.341 e. The average Bonchev–Trinajstić information content (AvgIpc) is 2.99. The van der Waals surface area contributed by atoms with Gasteiger partial charge in [-0.05, 0) is 18.6 Å². The predicted octanol–water partition coefficient (Wildman–Crippen LogP) is 1.45. The summed E-state index contributed by atoms with van der Waals surface area (Å²) >= 11 is 0. The molecule has 1 aromatic carbocycles. The van der Waals surface area contributed by atoms with Crippen molar-refractivity contribution in [2.45, 2.75) is 6.42 Å². The number of nitrogens with one attached hydrogen (secondary N) is 1. The number of carbonyl (C=O) groups is 1. The molecule has 19 heavy (non-hydrogen) atoms. The van der Waals surface area contributed by atoms with E-state index in [4.69, 9.17) is 10.5 Å². The van der Waals surface area contributed by atoms with E-state index in [0.717, 1.165) is 35.5 Å². The van der Waals surface area contributed by atoms with Gasteiger partial charge in [0.15, 0.2) is 0 Å². The van der Waals surface area contributed by atoms with Crippen LogP contribution >= 0.6 is 0 Å². The van der Waals surface area contributed by atoms with Gasteiger partial charge in [-0.1, -0.05) is 12.1 Å². The van der Waals surface area contributed by atoms with Crippen molar-refractivity contribution >= 4 is 11.8 Å². The SMILES string of the molecule is COc1ccccc1-c1nn(C(N)=O)c2c1CCN2. The number of para-hydroxylation sites is 1. The van der Waals surface area contributed by atoms with Gasteiger partial charge < -0.3 is 15.8 Å². The quantitative estimate of drug-likeness (QED) is 0.854. The van der Waals surface area contributed by atoms with Gasteiger partial charge in [-0.2, -0.15) is 9.78 Å². The molecule has 0 saturated carbocycles. The lowest BCUT2D eigenvalue weighted by Crippen LogP contribution is -2.22. The summed E-state index contributed by atoms with van der Waals surface area (Å²) < 4.78 is 6.56. The maximum absolute atomic E-state index is 11.4. The summed E-state index contributed by atoms with van der Waals surface area (Å²) in [5.41, 5.74) is 7.95. The minimum atomic E-state index is -0.591. The highest BCUT2D eigenvalue weighted by Crippen LogP contribution is 2.36. The van der Waals surface area contributed by atoms with Crippen LogP contribution in [0.2, 0.25) is 0 Å². The molecule has 3 rings (SSSR count). The van der Waals surface area contributed by atoms with Crippen LogP contribution in [0, 0.1) is 0 Å². The molecule has 0 bridgehead atoms. The second-order valence-corrected chi connectivity index (χ2v) is 4.30. The Morgan fingerprint density at radius 2 is 2.26 bits per heavy atom. The van der Waals surface area contributed by atoms with Crippen molar-refractivity contribution in [2.75, 3.05) is 19.0 Å². The predicted molar refractivity (Wildman–Crippen MR) is 71.4 cm³/mol. The summed E-state index contributed by atoms with van der Waals surface area (Å²) in [4.78, 5) is 11.4. The number of hydrogen-bond acceptors (Lipinski definition) is 4. The molecule has 98 valence electrons. The zero-order valence-electron chi connectivity index (χ0n) is 10.5. The highest BCUT2D eigenvalue weighted by molar-refractivity contribution is 5.84. The normalized spacial score (nSPS) is 12.9. The molecular formula is C13H14N4O2. The Morgan fingerprint density at radius 3 is 3.00 bits per heavy atom. The molecule has 0 radical (unpaired) electrons. The first-order valence-electron chi connectivity index (χ1n) is 6.01. The Bertz CT molecular complexity index is 648. The molecule has 6 heteroatoms. The van der Waals surface area contributed by atoms with Crippen LogP contribution in [0.1, 0.15) is 5.56 Å². The minimum Gasteiger partial charge on any atom is -0.496 e. The first-order chi connectivity index (χ1) is 9.22. The number of ether oxygens (including phenoxy) is 1. The smallest absolute Gasteiger partial charge is 0.341 e. The fourth-order valence-electron chi connectivity index (χ4n) is 2.39. The van der Waals surface area contributed by atoms with Gasteiger partial charge in [0.2, 0.25) is 0 Å². The first-order valence-corrected chi connectivity index (χ1v) is 6.01. The molecule has 1 amide bonds. The second-order valence-electron chi connectivity index (χ2n) is 4.30. The number of carbonyl (C=O) groups excluding carboxylic acids is 1. The Morgan fingerprint density at radius 1 is 1.47 bits per heavy atom. The van der Waals surface area contributed by atoms with E-state index in [1.165, 1.54) is 4.68 Å². The third-order valence-corrected chi connectivity index (χ3v) is 3.22. The van der Waals surface area contributed by atoms with Crippen molar-refractivity contribution in [3.63, 3.8) is 0 Å². The van der Waals surface area contributed by atoms with Crippen LogP contribution in [0.5, 0.6) is 5.75 Å². The second kappa shape index (κ2) is 4.31. The molecule has 0 aliphatic carbocycles. The van der Waals surface area contributed by atoms with Crippen LogP contribution in [0.3, 0.4) is 0 Å². The van der Waals surface area contributed by atoms with E-state index in [2.05, 4.69) is 10.4 Å². The highest BCUT2D eigenvalue weighted by atomic mass is 16.5. The van der Waals surface area contributed by atoms with Gasteiger partial charge >= 0.3 is 6.03 Å². The van der Waals surface area contributed by atoms with E-state index >= 15 is 0 Å². The van der Waals surface area contributed by atoms with Crippen molar-refractivity contribution in [1.82, 2.24) is 9.78 Å². The molecule has 1 aliphatic rings. The van der Waals surface area contributed by atoms with Gasteiger partial charge in [-0.3, -0.25) is 0 Å². The summed E-state index contributed by atoms with van der Waals surface area (Å²) in [6.45, 7) is 0.780. The highest BCUT2D eigenvalue weighted by Gasteiger charge is 2.26. The van der Waals surface area contributed by atoms with E-state index < -0.39 is 6.03 Å². The number of nitrogens with zero attached hydrogens (tertiary/aromatic N) is 2. The van der Waals surface area contributed by atoms with E-state index in [0.29, 0.717) is 5.82 Å². The molecule has 1 aromatic heterocycles. The van der Waals surface area contributed by atoms with Crippen LogP contribution < -0.4 is 15.8 Å². The van der Waals surface area contributed by atoms with Gasteiger partial charge in [-0.15, -0.1) is 0 Å². The Hall–Kier alpha value is -2.50. The van der Waals surface area contributed by atoms with Crippen LogP contribution in [-0.2, 0) is 6.42 Å². The summed E-state index contributed by atoms with van der Waals surface area (Å²) in [6.07, 6.45) is 0.815. The summed E-state index contributed by atoms with van der Waals surface area (Å²) in [6, 6.07) is 7.01. The number of nitrogens with two attached hydrogens (primary N) is 1. The molecule has 2 heterocycles. The zero-order valence-corrected chi connectivity index (χ0v) is 10.5. The van der Waals surface area contributed by atoms with E-state index in [1.807, 2.05) is 24.3 Å². The van der Waals surface area contributed by atoms with E-state index in [-0.39, 0.29) is 0 Å². The fraction of sp³-hybridized carbons (Fsp3) is 0.231. The molecule has 1 aliphatic heterocycles. The lowest BCUT2D eigenvalue weighted by molar-refractivity contribution is 0.248. The number of benzene rings is 1. The summed E-state index contributed by atoms with van der Waals surface area (Å²) in [5, 5.41) is 7.45. The third kappa shape index (κ3) is 1.72. The Kier molecular flexibility index (Phi) is 2.63.